The molecular formula is C35H47N3O7. The van der Waals surface area contributed by atoms with Crippen molar-refractivity contribution in [1.29, 1.82) is 0 Å². The number of esters is 1. The van der Waals surface area contributed by atoms with Gasteiger partial charge in [-0.25, -0.2) is 0 Å². The third-order valence-corrected chi connectivity index (χ3v) is 9.87. The van der Waals surface area contributed by atoms with Crippen LogP contribution in [0.15, 0.2) is 54.6 Å². The molecule has 0 saturated carbocycles. The number of carbonyl (C=O) groups excluding carboxylic acids is 4. The monoisotopic (exact) mass is 621 g/mol. The first kappa shape index (κ1) is 32.9. The van der Waals surface area contributed by atoms with Gasteiger partial charge in [0.1, 0.15) is 23.7 Å². The zero-order valence-corrected chi connectivity index (χ0v) is 26.9. The number of ether oxygens (including phenoxy) is 2. The molecule has 244 valence electrons. The zero-order valence-electron chi connectivity index (χ0n) is 26.9. The maximum atomic E-state index is 14.8. The summed E-state index contributed by atoms with van der Waals surface area (Å²) in [7, 11) is 0. The van der Waals surface area contributed by atoms with Crippen LogP contribution >= 0.6 is 0 Å². The second kappa shape index (κ2) is 13.5. The summed E-state index contributed by atoms with van der Waals surface area (Å²) in [5, 5.41) is 13.5. The highest BCUT2D eigenvalue weighted by atomic mass is 16.6. The van der Waals surface area contributed by atoms with Gasteiger partial charge in [0.15, 0.2) is 0 Å². The lowest BCUT2D eigenvalue weighted by atomic mass is 9.74. The van der Waals surface area contributed by atoms with Crippen LogP contribution in [0.5, 0.6) is 0 Å². The number of aliphatic hydroxyl groups is 1. The molecule has 10 nitrogen and oxygen atoms in total. The van der Waals surface area contributed by atoms with Crippen molar-refractivity contribution in [2.75, 3.05) is 13.2 Å². The van der Waals surface area contributed by atoms with Gasteiger partial charge in [-0.2, -0.15) is 0 Å². The number of likely N-dealkylation sites (tertiary alicyclic amines) is 1. The van der Waals surface area contributed by atoms with E-state index in [1.54, 1.807) is 24.0 Å². The van der Waals surface area contributed by atoms with Crippen LogP contribution in [-0.4, -0.2) is 87.6 Å². The van der Waals surface area contributed by atoms with Crippen LogP contribution in [0.4, 0.5) is 0 Å². The number of cyclic esters (lactones) is 1. The smallest absolute Gasteiger partial charge is 0.313 e. The summed E-state index contributed by atoms with van der Waals surface area (Å²) in [6, 6.07) is 6.78. The average Bonchev–Trinajstić information content (AvgIpc) is 3.65. The van der Waals surface area contributed by atoms with E-state index in [-0.39, 0.29) is 43.3 Å². The summed E-state index contributed by atoms with van der Waals surface area (Å²) >= 11 is 0. The van der Waals surface area contributed by atoms with Crippen LogP contribution in [0.2, 0.25) is 0 Å². The van der Waals surface area contributed by atoms with E-state index in [0.717, 1.165) is 12.8 Å². The van der Waals surface area contributed by atoms with Crippen LogP contribution in [-0.2, 0) is 28.7 Å². The predicted molar refractivity (Wildman–Crippen MR) is 167 cm³/mol. The number of nitrogens with one attached hydrogen (secondary N) is 1. The van der Waals surface area contributed by atoms with E-state index >= 15 is 0 Å². The Morgan fingerprint density at radius 3 is 2.47 bits per heavy atom. The van der Waals surface area contributed by atoms with Crippen LogP contribution < -0.4 is 5.32 Å². The van der Waals surface area contributed by atoms with Crippen LogP contribution in [0.1, 0.15) is 72.0 Å². The first-order valence-electron chi connectivity index (χ1n) is 16.4. The van der Waals surface area contributed by atoms with Crippen molar-refractivity contribution in [2.45, 2.75) is 102 Å². The fourth-order valence-electron chi connectivity index (χ4n) is 7.58. The van der Waals surface area contributed by atoms with Gasteiger partial charge >= 0.3 is 5.97 Å². The van der Waals surface area contributed by atoms with Gasteiger partial charge in [0, 0.05) is 19.0 Å². The number of aliphatic hydroxyl groups excluding tert-OH is 1. The molecular weight excluding hydrogens is 574 g/mol. The second-order valence-electron chi connectivity index (χ2n) is 13.2. The number of rotatable bonds is 7. The Kier molecular flexibility index (Phi) is 9.84. The number of hydrogen-bond donors (Lipinski definition) is 2. The molecule has 3 amide bonds. The van der Waals surface area contributed by atoms with E-state index in [4.69, 9.17) is 9.47 Å². The number of benzene rings is 1. The van der Waals surface area contributed by atoms with E-state index in [1.807, 2.05) is 63.3 Å². The van der Waals surface area contributed by atoms with Gasteiger partial charge in [0.05, 0.1) is 30.7 Å². The fraction of sp³-hybridized carbons (Fsp3) is 0.600. The highest BCUT2D eigenvalue weighted by Gasteiger charge is 2.74. The van der Waals surface area contributed by atoms with E-state index in [2.05, 4.69) is 12.2 Å². The molecule has 10 heteroatoms. The van der Waals surface area contributed by atoms with Crippen molar-refractivity contribution < 1.29 is 33.8 Å². The summed E-state index contributed by atoms with van der Waals surface area (Å²) in [6.45, 7) is 9.60. The highest BCUT2D eigenvalue weighted by molar-refractivity contribution is 5.99. The molecule has 4 aliphatic rings. The molecule has 2 saturated heterocycles. The minimum absolute atomic E-state index is 0.146. The SMILES string of the molecule is CCCC(C)N1C/C=C\CCC(=O)N[C@H](C)[C@@H](c2ccccc2)OC(=O)[C@@H]2[C@@H]3C=C[C@]4(O3)[C@H](C1=O)N([C@@H](CO)C(C)C)C(=O)[C@@H]24. The minimum Gasteiger partial charge on any atom is -0.455 e. The Balaban J connectivity index is 1.62. The lowest BCUT2D eigenvalue weighted by molar-refractivity contribution is -0.162. The molecule has 1 spiro atoms. The Labute approximate surface area is 265 Å². The largest absolute Gasteiger partial charge is 0.455 e. The fourth-order valence-corrected chi connectivity index (χ4v) is 7.58. The molecule has 0 aliphatic carbocycles. The third-order valence-electron chi connectivity index (χ3n) is 9.87. The molecule has 0 aromatic heterocycles. The molecule has 4 aliphatic heterocycles. The summed E-state index contributed by atoms with van der Waals surface area (Å²) in [5.74, 6) is -3.65. The van der Waals surface area contributed by atoms with Crippen molar-refractivity contribution >= 4 is 23.7 Å². The average molecular weight is 622 g/mol. The van der Waals surface area contributed by atoms with Crippen molar-refractivity contribution in [3.63, 3.8) is 0 Å². The first-order valence-corrected chi connectivity index (χ1v) is 16.4. The molecule has 5 bridgehead atoms. The Bertz CT molecular complexity index is 1330. The Morgan fingerprint density at radius 2 is 1.80 bits per heavy atom. The molecule has 1 aromatic rings. The maximum absolute atomic E-state index is 14.8. The summed E-state index contributed by atoms with van der Waals surface area (Å²) in [4.78, 5) is 59.7. The standard InChI is InChI=1S/C35H47N3O7/c1-6-13-22(4)37-19-12-8-11-16-27(40)36-23(5)30(24-14-9-7-10-15-24)44-34(43)28-26-17-18-35(45-26)29(28)32(41)38(31(35)33(37)42)25(20-39)21(2)3/h7-10,12,14-15,17-18,21-23,25-26,28-31,39H,6,11,13,16,19-20H2,1-5H3,(H,36,40)/b12-8-/t22?,23-,25+,26+,28-,29-,30+,31+,35-/m1/s1. The van der Waals surface area contributed by atoms with Gasteiger partial charge in [0.2, 0.25) is 17.7 Å². The van der Waals surface area contributed by atoms with Gasteiger partial charge in [-0.15, -0.1) is 0 Å². The number of carbonyl (C=O) groups is 4. The lowest BCUT2D eigenvalue weighted by Gasteiger charge is -2.41. The van der Waals surface area contributed by atoms with Gasteiger partial charge in [-0.3, -0.25) is 19.2 Å². The van der Waals surface area contributed by atoms with Crippen molar-refractivity contribution in [3.8, 4) is 0 Å². The van der Waals surface area contributed by atoms with Gasteiger partial charge in [-0.1, -0.05) is 81.8 Å². The number of amides is 3. The van der Waals surface area contributed by atoms with Crippen molar-refractivity contribution in [1.82, 2.24) is 15.1 Å². The van der Waals surface area contributed by atoms with E-state index in [9.17, 15) is 24.3 Å². The van der Waals surface area contributed by atoms with Crippen LogP contribution in [0.3, 0.4) is 0 Å². The topological polar surface area (TPSA) is 125 Å². The molecule has 45 heavy (non-hydrogen) atoms. The third kappa shape index (κ3) is 5.94. The Morgan fingerprint density at radius 1 is 1.07 bits per heavy atom. The number of fused-ring (bicyclic) bond motifs is 2. The van der Waals surface area contributed by atoms with Gasteiger partial charge < -0.3 is 29.7 Å². The first-order chi connectivity index (χ1) is 21.5. The molecule has 1 aromatic carbocycles. The predicted octanol–water partition coefficient (Wildman–Crippen LogP) is 3.31. The molecule has 9 atom stereocenters. The van der Waals surface area contributed by atoms with Crippen molar-refractivity contribution in [3.05, 3.63) is 60.2 Å². The highest BCUT2D eigenvalue weighted by Crippen LogP contribution is 2.56. The molecule has 1 unspecified atom stereocenters. The molecule has 4 heterocycles. The van der Waals surface area contributed by atoms with E-state index in [1.165, 1.54) is 4.90 Å². The number of allylic oxidation sites excluding steroid dienone is 1. The Hall–Kier alpha value is -3.50. The molecule has 2 N–H and O–H groups in total. The zero-order chi connectivity index (χ0) is 32.5. The van der Waals surface area contributed by atoms with Crippen LogP contribution in [0.25, 0.3) is 0 Å². The van der Waals surface area contributed by atoms with Crippen molar-refractivity contribution in [2.24, 2.45) is 17.8 Å². The maximum Gasteiger partial charge on any atom is 0.313 e. The summed E-state index contributed by atoms with van der Waals surface area (Å²) in [5.41, 5.74) is -0.673. The number of nitrogens with zero attached hydrogens (tertiary/aromatic N) is 2. The van der Waals surface area contributed by atoms with E-state index in [0.29, 0.717) is 12.0 Å². The molecule has 0 radical (unpaired) electrons. The summed E-state index contributed by atoms with van der Waals surface area (Å²) < 4.78 is 12.7. The minimum atomic E-state index is -1.38. The van der Waals surface area contributed by atoms with Gasteiger partial charge in [0.25, 0.3) is 0 Å². The second-order valence-corrected chi connectivity index (χ2v) is 13.2. The van der Waals surface area contributed by atoms with Gasteiger partial charge in [-0.05, 0) is 38.2 Å². The quantitative estimate of drug-likeness (QED) is 0.354. The van der Waals surface area contributed by atoms with Crippen LogP contribution in [0, 0.1) is 17.8 Å². The lowest BCUT2D eigenvalue weighted by Crippen LogP contribution is -2.60. The molecule has 5 rings (SSSR count). The molecule has 2 fully saturated rings. The summed E-state index contributed by atoms with van der Waals surface area (Å²) in [6.07, 6.45) is 8.08. The normalized spacial score (nSPS) is 34.1. The van der Waals surface area contributed by atoms with E-state index < -0.39 is 59.6 Å². The number of hydrogen-bond acceptors (Lipinski definition) is 7.